The van der Waals surface area contributed by atoms with Gasteiger partial charge in [-0.15, -0.1) is 0 Å². The number of allylic oxidation sites excluding steroid dienone is 5. The van der Waals surface area contributed by atoms with Crippen molar-refractivity contribution in [2.75, 3.05) is 0 Å². The van der Waals surface area contributed by atoms with Crippen LogP contribution in [0.25, 0.3) is 11.1 Å². The van der Waals surface area contributed by atoms with Gasteiger partial charge in [0.2, 0.25) is 0 Å². The molecule has 3 aromatic carbocycles. The van der Waals surface area contributed by atoms with Gasteiger partial charge < -0.3 is 0 Å². The fourth-order valence-electron chi connectivity index (χ4n) is 3.52. The average molecular weight is 365 g/mol. The molecular weight excluding hydrogens is 336 g/mol. The van der Waals surface area contributed by atoms with Crippen LogP contribution in [-0.2, 0) is 0 Å². The lowest BCUT2D eigenvalue weighted by molar-refractivity contribution is 1.03. The van der Waals surface area contributed by atoms with Crippen LogP contribution in [0.3, 0.4) is 0 Å². The first-order valence-electron chi connectivity index (χ1n) is 10.2. The van der Waals surface area contributed by atoms with Crippen molar-refractivity contribution in [2.45, 2.75) is 26.7 Å². The van der Waals surface area contributed by atoms with E-state index in [0.29, 0.717) is 0 Å². The first-order chi connectivity index (χ1) is 13.9. The highest BCUT2D eigenvalue weighted by Gasteiger charge is 2.16. The molecule has 0 fully saturated rings. The van der Waals surface area contributed by atoms with Crippen LogP contribution in [0, 0.1) is 0 Å². The summed E-state index contributed by atoms with van der Waals surface area (Å²) in [5, 5.41) is 0. The molecule has 1 aliphatic carbocycles. The summed E-state index contributed by atoms with van der Waals surface area (Å²) in [5.41, 5.74) is 7.65. The molecule has 0 atom stereocenters. The molecule has 0 spiro atoms. The van der Waals surface area contributed by atoms with Gasteiger partial charge in [0, 0.05) is 0 Å². The molecule has 140 valence electrons. The quantitative estimate of drug-likeness (QED) is 0.412. The normalized spacial score (nSPS) is 12.4. The number of hydrogen-bond acceptors (Lipinski definition) is 0. The molecule has 0 saturated carbocycles. The summed E-state index contributed by atoms with van der Waals surface area (Å²) in [6.45, 7) is 4.00. The zero-order chi connectivity index (χ0) is 19.6. The van der Waals surface area contributed by atoms with Crippen molar-refractivity contribution in [2.24, 2.45) is 0 Å². The van der Waals surface area contributed by atoms with Gasteiger partial charge in [-0.05, 0) is 46.3 Å². The second kappa shape index (κ2) is 10.3. The summed E-state index contributed by atoms with van der Waals surface area (Å²) in [4.78, 5) is 0. The van der Waals surface area contributed by atoms with Crippen molar-refractivity contribution in [3.05, 3.63) is 131 Å². The Morgan fingerprint density at radius 1 is 0.536 bits per heavy atom. The number of benzene rings is 3. The standard InChI is InChI=1S/C26H22.C2H6/c1-5-13-21(14-6-1)25(22-15-7-2-8-16-22)26(23-17-9-3-10-18-23)24-19-11-4-12-20-24;1-2/h1-3,5-11,13-20H,4,12H2;1-2H3. The molecule has 0 radical (unpaired) electrons. The molecule has 3 aromatic rings. The number of hydrogen-bond donors (Lipinski definition) is 0. The van der Waals surface area contributed by atoms with Crippen LogP contribution in [0.1, 0.15) is 43.4 Å². The summed E-state index contributed by atoms with van der Waals surface area (Å²) >= 11 is 0. The molecule has 28 heavy (non-hydrogen) atoms. The third kappa shape index (κ3) is 4.58. The molecule has 0 N–H and O–H groups in total. The molecule has 0 aromatic heterocycles. The van der Waals surface area contributed by atoms with Gasteiger partial charge in [-0.3, -0.25) is 0 Å². The Morgan fingerprint density at radius 3 is 1.36 bits per heavy atom. The van der Waals surface area contributed by atoms with E-state index in [1.54, 1.807) is 0 Å². The highest BCUT2D eigenvalue weighted by Crippen LogP contribution is 2.38. The molecule has 1 aliphatic rings. The average Bonchev–Trinajstić information content (AvgIpc) is 2.81. The van der Waals surface area contributed by atoms with Crippen LogP contribution in [0.5, 0.6) is 0 Å². The summed E-state index contributed by atoms with van der Waals surface area (Å²) < 4.78 is 0. The minimum absolute atomic E-state index is 1.10. The van der Waals surface area contributed by atoms with Gasteiger partial charge in [-0.1, -0.05) is 123 Å². The predicted molar refractivity (Wildman–Crippen MR) is 123 cm³/mol. The lowest BCUT2D eigenvalue weighted by Gasteiger charge is -2.20. The molecule has 0 heterocycles. The SMILES string of the molecule is C1=CC(C(=C(c2ccccc2)c2ccccc2)c2ccccc2)=CCC1.CC. The first-order valence-corrected chi connectivity index (χ1v) is 10.2. The lowest BCUT2D eigenvalue weighted by Crippen LogP contribution is -1.99. The third-order valence-electron chi connectivity index (χ3n) is 4.72. The predicted octanol–water partition coefficient (Wildman–Crippen LogP) is 7.95. The van der Waals surface area contributed by atoms with Gasteiger partial charge in [0.25, 0.3) is 0 Å². The molecule has 0 unspecified atom stereocenters. The first kappa shape index (κ1) is 19.6. The van der Waals surface area contributed by atoms with Crippen LogP contribution < -0.4 is 0 Å². The van der Waals surface area contributed by atoms with Crippen molar-refractivity contribution in [1.29, 1.82) is 0 Å². The zero-order valence-corrected chi connectivity index (χ0v) is 16.8. The minimum atomic E-state index is 1.10. The Balaban J connectivity index is 0.00000109. The van der Waals surface area contributed by atoms with E-state index in [1.165, 1.54) is 33.4 Å². The Labute approximate surface area is 169 Å². The zero-order valence-electron chi connectivity index (χ0n) is 16.8. The molecular formula is C28H28. The van der Waals surface area contributed by atoms with Gasteiger partial charge in [0.15, 0.2) is 0 Å². The molecule has 0 heteroatoms. The van der Waals surface area contributed by atoms with Crippen LogP contribution in [0.15, 0.2) is 115 Å². The Kier molecular flexibility index (Phi) is 7.21. The van der Waals surface area contributed by atoms with Gasteiger partial charge in [-0.2, -0.15) is 0 Å². The fourth-order valence-corrected chi connectivity index (χ4v) is 3.52. The van der Waals surface area contributed by atoms with E-state index >= 15 is 0 Å². The maximum atomic E-state index is 2.37. The summed E-state index contributed by atoms with van der Waals surface area (Å²) in [7, 11) is 0. The van der Waals surface area contributed by atoms with Crippen LogP contribution in [0.2, 0.25) is 0 Å². The van der Waals surface area contributed by atoms with Crippen molar-refractivity contribution >= 4 is 11.1 Å². The minimum Gasteiger partial charge on any atom is -0.0836 e. The van der Waals surface area contributed by atoms with Crippen molar-refractivity contribution in [1.82, 2.24) is 0 Å². The number of rotatable bonds is 4. The Bertz CT molecular complexity index is 901. The lowest BCUT2D eigenvalue weighted by atomic mass is 9.84. The Hall–Kier alpha value is -3.12. The maximum Gasteiger partial charge on any atom is -0.00269 e. The van der Waals surface area contributed by atoms with Gasteiger partial charge >= 0.3 is 0 Å². The van der Waals surface area contributed by atoms with E-state index in [0.717, 1.165) is 12.8 Å². The topological polar surface area (TPSA) is 0 Å². The molecule has 4 rings (SSSR count). The van der Waals surface area contributed by atoms with Crippen LogP contribution in [0.4, 0.5) is 0 Å². The van der Waals surface area contributed by atoms with E-state index in [9.17, 15) is 0 Å². The maximum absolute atomic E-state index is 2.37. The van der Waals surface area contributed by atoms with Crippen molar-refractivity contribution < 1.29 is 0 Å². The van der Waals surface area contributed by atoms with Crippen molar-refractivity contribution in [3.8, 4) is 0 Å². The summed E-state index contributed by atoms with van der Waals surface area (Å²) in [6, 6.07) is 32.2. The second-order valence-electron chi connectivity index (χ2n) is 6.49. The smallest absolute Gasteiger partial charge is 0.00269 e. The molecule has 0 amide bonds. The van der Waals surface area contributed by atoms with E-state index in [1.807, 2.05) is 13.8 Å². The van der Waals surface area contributed by atoms with Crippen LogP contribution in [-0.4, -0.2) is 0 Å². The Morgan fingerprint density at radius 2 is 0.964 bits per heavy atom. The van der Waals surface area contributed by atoms with Gasteiger partial charge in [0.1, 0.15) is 0 Å². The second-order valence-corrected chi connectivity index (χ2v) is 6.49. The third-order valence-corrected chi connectivity index (χ3v) is 4.72. The van der Waals surface area contributed by atoms with Crippen molar-refractivity contribution in [3.63, 3.8) is 0 Å². The fraction of sp³-hybridized carbons (Fsp3) is 0.143. The molecule has 0 aliphatic heterocycles. The van der Waals surface area contributed by atoms with E-state index < -0.39 is 0 Å². The highest BCUT2D eigenvalue weighted by atomic mass is 14.2. The highest BCUT2D eigenvalue weighted by molar-refractivity contribution is 6.05. The molecule has 0 saturated heterocycles. The van der Waals surface area contributed by atoms with E-state index in [-0.39, 0.29) is 0 Å². The van der Waals surface area contributed by atoms with Gasteiger partial charge in [0.05, 0.1) is 0 Å². The summed E-state index contributed by atoms with van der Waals surface area (Å²) in [6.07, 6.45) is 9.15. The monoisotopic (exact) mass is 364 g/mol. The van der Waals surface area contributed by atoms with Gasteiger partial charge in [-0.25, -0.2) is 0 Å². The molecule has 0 bridgehead atoms. The molecule has 0 nitrogen and oxygen atoms in total. The van der Waals surface area contributed by atoms with Crippen LogP contribution >= 0.6 is 0 Å². The van der Waals surface area contributed by atoms with E-state index in [4.69, 9.17) is 0 Å². The largest absolute Gasteiger partial charge is 0.0836 e. The summed E-state index contributed by atoms with van der Waals surface area (Å²) in [5.74, 6) is 0. The van der Waals surface area contributed by atoms with E-state index in [2.05, 4.69) is 109 Å².